The average molecular weight is 348 g/mol. The number of aromatic nitrogens is 1. The van der Waals surface area contributed by atoms with E-state index in [4.69, 9.17) is 4.74 Å². The van der Waals surface area contributed by atoms with Gasteiger partial charge in [-0.2, -0.15) is 0 Å². The van der Waals surface area contributed by atoms with Gasteiger partial charge in [0.2, 0.25) is 0 Å². The van der Waals surface area contributed by atoms with Gasteiger partial charge in [0.05, 0.1) is 0 Å². The number of hydrogen-bond donors (Lipinski definition) is 0. The fraction of sp³-hybridized carbons (Fsp3) is 0.154. The summed E-state index contributed by atoms with van der Waals surface area (Å²) in [5, 5.41) is 0. The van der Waals surface area contributed by atoms with Crippen molar-refractivity contribution in [2.75, 3.05) is 0 Å². The summed E-state index contributed by atoms with van der Waals surface area (Å²) in [6.07, 6.45) is -3.07. The first-order valence-corrected chi connectivity index (χ1v) is 6.31. The minimum absolute atomic E-state index is 0.219. The summed E-state index contributed by atoms with van der Waals surface area (Å²) in [5.74, 6) is 0.298. The Morgan fingerprint density at radius 2 is 1.80 bits per heavy atom. The van der Waals surface area contributed by atoms with Gasteiger partial charge < -0.3 is 9.47 Å². The minimum Gasteiger partial charge on any atom is -0.486 e. The molecule has 106 valence electrons. The third-order valence-electron chi connectivity index (χ3n) is 2.28. The van der Waals surface area contributed by atoms with Crippen LogP contribution < -0.4 is 9.47 Å². The van der Waals surface area contributed by atoms with Crippen molar-refractivity contribution in [2.45, 2.75) is 13.0 Å². The summed E-state index contributed by atoms with van der Waals surface area (Å²) in [5.41, 5.74) is 0.718. The van der Waals surface area contributed by atoms with E-state index in [1.807, 2.05) is 0 Å². The molecule has 3 nitrogen and oxygen atoms in total. The first-order valence-electron chi connectivity index (χ1n) is 5.52. The van der Waals surface area contributed by atoms with E-state index in [1.165, 1.54) is 24.3 Å². The van der Waals surface area contributed by atoms with Gasteiger partial charge in [-0.3, -0.25) is 0 Å². The highest BCUT2D eigenvalue weighted by atomic mass is 79.9. The summed E-state index contributed by atoms with van der Waals surface area (Å²) in [6, 6.07) is 8.95. The summed E-state index contributed by atoms with van der Waals surface area (Å²) in [7, 11) is 0. The number of hydrogen-bond acceptors (Lipinski definition) is 3. The lowest BCUT2D eigenvalue weighted by Crippen LogP contribution is -2.17. The van der Waals surface area contributed by atoms with Crippen molar-refractivity contribution in [1.82, 2.24) is 4.98 Å². The zero-order valence-electron chi connectivity index (χ0n) is 10.0. The number of pyridine rings is 1. The highest BCUT2D eigenvalue weighted by molar-refractivity contribution is 9.10. The molecule has 0 saturated carbocycles. The summed E-state index contributed by atoms with van der Waals surface area (Å²) in [4.78, 5) is 3.99. The first kappa shape index (κ1) is 14.6. The smallest absolute Gasteiger partial charge is 0.486 e. The molecule has 0 atom stereocenters. The van der Waals surface area contributed by atoms with E-state index in [0.29, 0.717) is 10.4 Å². The van der Waals surface area contributed by atoms with E-state index < -0.39 is 6.36 Å². The number of ether oxygens (including phenoxy) is 2. The van der Waals surface area contributed by atoms with Crippen LogP contribution in [0.15, 0.2) is 47.2 Å². The van der Waals surface area contributed by atoms with Crippen LogP contribution in [0, 0.1) is 0 Å². The van der Waals surface area contributed by atoms with Crippen LogP contribution in [0.2, 0.25) is 0 Å². The van der Waals surface area contributed by atoms with Crippen molar-refractivity contribution in [2.24, 2.45) is 0 Å². The van der Waals surface area contributed by atoms with Gasteiger partial charge in [-0.25, -0.2) is 4.98 Å². The molecule has 0 amide bonds. The monoisotopic (exact) mass is 347 g/mol. The summed E-state index contributed by atoms with van der Waals surface area (Å²) >= 11 is 3.23. The Morgan fingerprint density at radius 3 is 2.40 bits per heavy atom. The molecule has 1 aromatic heterocycles. The summed E-state index contributed by atoms with van der Waals surface area (Å²) < 4.78 is 45.8. The maximum Gasteiger partial charge on any atom is 0.573 e. The topological polar surface area (TPSA) is 31.4 Å². The van der Waals surface area contributed by atoms with Crippen LogP contribution in [0.5, 0.6) is 11.5 Å². The second-order valence-corrected chi connectivity index (χ2v) is 4.52. The molecule has 2 aromatic rings. The molecule has 0 saturated heterocycles. The molecular weight excluding hydrogens is 339 g/mol. The molecular formula is C13H9BrF3NO2. The number of halogens is 4. The molecule has 0 unspecified atom stereocenters. The van der Waals surface area contributed by atoms with Crippen molar-refractivity contribution in [3.63, 3.8) is 0 Å². The van der Waals surface area contributed by atoms with Gasteiger partial charge in [0.25, 0.3) is 0 Å². The van der Waals surface area contributed by atoms with Crippen molar-refractivity contribution >= 4 is 15.9 Å². The molecule has 0 aliphatic heterocycles. The zero-order chi connectivity index (χ0) is 14.6. The normalized spacial score (nSPS) is 11.2. The molecule has 1 heterocycles. The standard InChI is InChI=1S/C13H9BrF3NO2/c14-12-11(2-1-7-18-12)19-8-9-3-5-10(6-4-9)20-13(15,16)17/h1-7H,8H2. The highest BCUT2D eigenvalue weighted by Gasteiger charge is 2.30. The Bertz CT molecular complexity index is 573. The van der Waals surface area contributed by atoms with Crippen LogP contribution in [-0.4, -0.2) is 11.3 Å². The predicted molar refractivity (Wildman–Crippen MR) is 69.4 cm³/mol. The number of alkyl halides is 3. The Hall–Kier alpha value is -1.76. The molecule has 0 radical (unpaired) electrons. The Labute approximate surface area is 121 Å². The highest BCUT2D eigenvalue weighted by Crippen LogP contribution is 2.24. The average Bonchev–Trinajstić information content (AvgIpc) is 2.38. The maximum absolute atomic E-state index is 12.0. The molecule has 0 spiro atoms. The molecule has 0 fully saturated rings. The van der Waals surface area contributed by atoms with Gasteiger partial charge in [-0.1, -0.05) is 12.1 Å². The Balaban J connectivity index is 1.96. The first-order chi connectivity index (χ1) is 9.44. The fourth-order valence-corrected chi connectivity index (χ4v) is 1.79. The Morgan fingerprint density at radius 1 is 1.10 bits per heavy atom. The van der Waals surface area contributed by atoms with Gasteiger partial charge in [0.15, 0.2) is 5.75 Å². The van der Waals surface area contributed by atoms with Crippen molar-refractivity contribution in [1.29, 1.82) is 0 Å². The minimum atomic E-state index is -4.68. The summed E-state index contributed by atoms with van der Waals surface area (Å²) in [6.45, 7) is 0.219. The molecule has 7 heteroatoms. The second kappa shape index (κ2) is 6.13. The van der Waals surface area contributed by atoms with Crippen molar-refractivity contribution < 1.29 is 22.6 Å². The fourth-order valence-electron chi connectivity index (χ4n) is 1.43. The van der Waals surface area contributed by atoms with Gasteiger partial charge >= 0.3 is 6.36 Å². The molecule has 0 aliphatic rings. The van der Waals surface area contributed by atoms with E-state index >= 15 is 0 Å². The van der Waals surface area contributed by atoms with E-state index in [-0.39, 0.29) is 12.4 Å². The molecule has 2 rings (SSSR count). The van der Waals surface area contributed by atoms with Crippen LogP contribution >= 0.6 is 15.9 Å². The molecule has 0 bridgehead atoms. The zero-order valence-corrected chi connectivity index (χ0v) is 11.6. The van der Waals surface area contributed by atoms with Crippen molar-refractivity contribution in [3.05, 3.63) is 52.8 Å². The van der Waals surface area contributed by atoms with Crippen molar-refractivity contribution in [3.8, 4) is 11.5 Å². The van der Waals surface area contributed by atoms with E-state index in [9.17, 15) is 13.2 Å². The van der Waals surface area contributed by atoms with Crippen LogP contribution in [0.25, 0.3) is 0 Å². The SMILES string of the molecule is FC(F)(F)Oc1ccc(COc2cccnc2Br)cc1. The quantitative estimate of drug-likeness (QED) is 0.771. The van der Waals surface area contributed by atoms with Gasteiger partial charge in [-0.05, 0) is 45.8 Å². The lowest BCUT2D eigenvalue weighted by Gasteiger charge is -2.10. The van der Waals surface area contributed by atoms with Gasteiger partial charge in [0.1, 0.15) is 17.0 Å². The Kier molecular flexibility index (Phi) is 4.49. The van der Waals surface area contributed by atoms with Crippen LogP contribution in [0.4, 0.5) is 13.2 Å². The molecule has 0 N–H and O–H groups in total. The van der Waals surface area contributed by atoms with Gasteiger partial charge in [-0.15, -0.1) is 13.2 Å². The van der Waals surface area contributed by atoms with Gasteiger partial charge in [0, 0.05) is 6.20 Å². The number of benzene rings is 1. The maximum atomic E-state index is 12.0. The van der Waals surface area contributed by atoms with E-state index in [1.54, 1.807) is 18.3 Å². The number of nitrogens with zero attached hydrogens (tertiary/aromatic N) is 1. The third-order valence-corrected chi connectivity index (χ3v) is 2.87. The van der Waals surface area contributed by atoms with Crippen LogP contribution in [0.3, 0.4) is 0 Å². The lowest BCUT2D eigenvalue weighted by atomic mass is 10.2. The molecule has 1 aromatic carbocycles. The van der Waals surface area contributed by atoms with Crippen LogP contribution in [0.1, 0.15) is 5.56 Å². The van der Waals surface area contributed by atoms with E-state index in [2.05, 4.69) is 25.7 Å². The second-order valence-electron chi connectivity index (χ2n) is 3.77. The molecule has 0 aliphatic carbocycles. The van der Waals surface area contributed by atoms with E-state index in [0.717, 1.165) is 5.56 Å². The third kappa shape index (κ3) is 4.41. The molecule has 20 heavy (non-hydrogen) atoms. The lowest BCUT2D eigenvalue weighted by molar-refractivity contribution is -0.274. The number of rotatable bonds is 4. The van der Waals surface area contributed by atoms with Crippen LogP contribution in [-0.2, 0) is 6.61 Å². The predicted octanol–water partition coefficient (Wildman–Crippen LogP) is 4.32. The largest absolute Gasteiger partial charge is 0.573 e.